The number of anilines is 1. The number of piperazine rings is 1. The highest BCUT2D eigenvalue weighted by atomic mass is 35.5. The summed E-state index contributed by atoms with van der Waals surface area (Å²) in [7, 11) is 0. The lowest BCUT2D eigenvalue weighted by Crippen LogP contribution is -2.53. The first-order valence-corrected chi connectivity index (χ1v) is 10.1. The Morgan fingerprint density at radius 1 is 0.929 bits per heavy atom. The number of nitrogens with zero attached hydrogens (tertiary/aromatic N) is 4. The highest BCUT2D eigenvalue weighted by Crippen LogP contribution is 2.22. The molecule has 2 heterocycles. The minimum atomic E-state index is 0.0385. The summed E-state index contributed by atoms with van der Waals surface area (Å²) in [6.45, 7) is 8.85. The number of aryl methyl sites for hydroxylation is 2. The van der Waals surface area contributed by atoms with Crippen LogP contribution >= 0.6 is 11.6 Å². The third kappa shape index (κ3) is 3.72. The van der Waals surface area contributed by atoms with Crippen LogP contribution in [0.25, 0.3) is 0 Å². The fourth-order valence-electron chi connectivity index (χ4n) is 3.77. The molecule has 0 atom stereocenters. The Kier molecular flexibility index (Phi) is 5.27. The molecule has 0 aromatic heterocycles. The van der Waals surface area contributed by atoms with Gasteiger partial charge in [0.2, 0.25) is 5.96 Å². The minimum Gasteiger partial charge on any atom is -0.368 e. The summed E-state index contributed by atoms with van der Waals surface area (Å²) in [5.41, 5.74) is 4.21. The molecule has 0 aliphatic carbocycles. The zero-order valence-corrected chi connectivity index (χ0v) is 17.1. The van der Waals surface area contributed by atoms with Gasteiger partial charge in [-0.05, 0) is 55.3 Å². The Morgan fingerprint density at radius 3 is 2.39 bits per heavy atom. The summed E-state index contributed by atoms with van der Waals surface area (Å²) in [5.74, 6) is 0.852. The number of halogens is 1. The topological polar surface area (TPSA) is 39.2 Å². The Balaban J connectivity index is 1.44. The maximum absolute atomic E-state index is 13.1. The van der Waals surface area contributed by atoms with E-state index in [-0.39, 0.29) is 5.91 Å². The van der Waals surface area contributed by atoms with Crippen LogP contribution in [0.2, 0.25) is 5.02 Å². The van der Waals surface area contributed by atoms with Gasteiger partial charge in [0, 0.05) is 49.0 Å². The van der Waals surface area contributed by atoms with Gasteiger partial charge in [-0.3, -0.25) is 14.7 Å². The number of carbonyl (C=O) groups excluding carboxylic acids is 1. The second-order valence-corrected chi connectivity index (χ2v) is 7.83. The summed E-state index contributed by atoms with van der Waals surface area (Å²) in [6, 6.07) is 13.9. The number of benzene rings is 2. The molecule has 0 unspecified atom stereocenters. The average Bonchev–Trinajstić information content (AvgIpc) is 3.19. The van der Waals surface area contributed by atoms with Crippen LogP contribution in [0.5, 0.6) is 0 Å². The monoisotopic (exact) mass is 396 g/mol. The van der Waals surface area contributed by atoms with Gasteiger partial charge in [-0.2, -0.15) is 0 Å². The molecular formula is C22H25ClN4O. The van der Waals surface area contributed by atoms with E-state index in [4.69, 9.17) is 11.6 Å². The van der Waals surface area contributed by atoms with Crippen molar-refractivity contribution in [3.05, 3.63) is 64.2 Å². The van der Waals surface area contributed by atoms with Crippen molar-refractivity contribution in [1.82, 2.24) is 9.80 Å². The number of hydrogen-bond donors (Lipinski definition) is 0. The molecule has 0 N–H and O–H groups in total. The smallest absolute Gasteiger partial charge is 0.260 e. The molecule has 1 amide bonds. The van der Waals surface area contributed by atoms with Crippen molar-refractivity contribution in [2.24, 2.45) is 4.99 Å². The van der Waals surface area contributed by atoms with Crippen LogP contribution in [0.15, 0.2) is 47.5 Å². The summed E-state index contributed by atoms with van der Waals surface area (Å²) in [6.07, 6.45) is 0. The van der Waals surface area contributed by atoms with Gasteiger partial charge in [-0.25, -0.2) is 0 Å². The van der Waals surface area contributed by atoms with E-state index >= 15 is 0 Å². The van der Waals surface area contributed by atoms with E-state index < -0.39 is 0 Å². The quantitative estimate of drug-likeness (QED) is 0.778. The standard InChI is InChI=1S/C22H25ClN4O/c1-16-6-7-18(14-17(16)2)21(28)27-9-8-24-22(27)26-12-10-25(11-13-26)20-5-3-4-19(23)15-20/h3-7,14-15H,8-13H2,1-2H3. The number of rotatable bonds is 2. The molecule has 0 saturated carbocycles. The van der Waals surface area contributed by atoms with Gasteiger partial charge in [0.15, 0.2) is 0 Å². The zero-order valence-electron chi connectivity index (χ0n) is 16.4. The minimum absolute atomic E-state index is 0.0385. The molecule has 2 aromatic rings. The first kappa shape index (κ1) is 18.8. The van der Waals surface area contributed by atoms with E-state index in [0.29, 0.717) is 13.1 Å². The molecule has 28 heavy (non-hydrogen) atoms. The lowest BCUT2D eigenvalue weighted by Gasteiger charge is -2.38. The van der Waals surface area contributed by atoms with Crippen molar-refractivity contribution in [1.29, 1.82) is 0 Å². The maximum Gasteiger partial charge on any atom is 0.260 e. The molecule has 0 spiro atoms. The third-order valence-electron chi connectivity index (χ3n) is 5.55. The van der Waals surface area contributed by atoms with E-state index in [1.807, 2.05) is 48.2 Å². The van der Waals surface area contributed by atoms with Gasteiger partial charge < -0.3 is 9.80 Å². The third-order valence-corrected chi connectivity index (χ3v) is 5.79. The Labute approximate surface area is 171 Å². The fourth-order valence-corrected chi connectivity index (χ4v) is 3.95. The second kappa shape index (κ2) is 7.84. The molecule has 5 nitrogen and oxygen atoms in total. The van der Waals surface area contributed by atoms with Crippen molar-refractivity contribution in [2.75, 3.05) is 44.2 Å². The molecule has 1 saturated heterocycles. The van der Waals surface area contributed by atoms with Crippen molar-refractivity contribution in [2.45, 2.75) is 13.8 Å². The predicted octanol–water partition coefficient (Wildman–Crippen LogP) is 3.59. The summed E-state index contributed by atoms with van der Waals surface area (Å²) >= 11 is 6.13. The number of hydrogen-bond acceptors (Lipinski definition) is 4. The Bertz CT molecular complexity index is 919. The van der Waals surface area contributed by atoms with E-state index in [1.165, 1.54) is 5.56 Å². The molecule has 0 radical (unpaired) electrons. The maximum atomic E-state index is 13.1. The number of amides is 1. The van der Waals surface area contributed by atoms with Crippen molar-refractivity contribution in [3.63, 3.8) is 0 Å². The Morgan fingerprint density at radius 2 is 1.68 bits per heavy atom. The molecule has 2 aliphatic heterocycles. The van der Waals surface area contributed by atoms with Crippen LogP contribution in [-0.4, -0.2) is 60.9 Å². The highest BCUT2D eigenvalue weighted by Gasteiger charge is 2.31. The van der Waals surface area contributed by atoms with E-state index in [2.05, 4.69) is 27.8 Å². The first-order valence-electron chi connectivity index (χ1n) is 9.72. The molecule has 2 aromatic carbocycles. The number of carbonyl (C=O) groups is 1. The van der Waals surface area contributed by atoms with Gasteiger partial charge in [0.1, 0.15) is 0 Å². The highest BCUT2D eigenvalue weighted by molar-refractivity contribution is 6.30. The Hall–Kier alpha value is -2.53. The van der Waals surface area contributed by atoms with Crippen LogP contribution in [-0.2, 0) is 0 Å². The molecular weight excluding hydrogens is 372 g/mol. The SMILES string of the molecule is Cc1ccc(C(=O)N2CCN=C2N2CCN(c3cccc(Cl)c3)CC2)cc1C. The fraction of sp³-hybridized carbons (Fsp3) is 0.364. The summed E-state index contributed by atoms with van der Waals surface area (Å²) in [4.78, 5) is 24.1. The molecule has 4 rings (SSSR count). The van der Waals surface area contributed by atoms with E-state index in [1.54, 1.807) is 0 Å². The first-order chi connectivity index (χ1) is 13.5. The molecule has 0 bridgehead atoms. The van der Waals surface area contributed by atoms with Gasteiger partial charge in [0.25, 0.3) is 5.91 Å². The van der Waals surface area contributed by atoms with Crippen LogP contribution in [0, 0.1) is 13.8 Å². The van der Waals surface area contributed by atoms with Crippen LogP contribution in [0.4, 0.5) is 5.69 Å². The van der Waals surface area contributed by atoms with Crippen molar-refractivity contribution >= 4 is 29.2 Å². The molecule has 6 heteroatoms. The average molecular weight is 397 g/mol. The lowest BCUT2D eigenvalue weighted by atomic mass is 10.1. The van der Waals surface area contributed by atoms with E-state index in [9.17, 15) is 4.79 Å². The van der Waals surface area contributed by atoms with Crippen LogP contribution in [0.3, 0.4) is 0 Å². The summed E-state index contributed by atoms with van der Waals surface area (Å²) in [5, 5.41) is 0.755. The zero-order chi connectivity index (χ0) is 19.7. The molecule has 1 fully saturated rings. The van der Waals surface area contributed by atoms with Crippen LogP contribution < -0.4 is 4.90 Å². The molecule has 2 aliphatic rings. The van der Waals surface area contributed by atoms with Crippen molar-refractivity contribution < 1.29 is 4.79 Å². The van der Waals surface area contributed by atoms with Gasteiger partial charge in [-0.1, -0.05) is 23.7 Å². The largest absolute Gasteiger partial charge is 0.368 e. The van der Waals surface area contributed by atoms with Crippen LogP contribution in [0.1, 0.15) is 21.5 Å². The van der Waals surface area contributed by atoms with Gasteiger partial charge in [-0.15, -0.1) is 0 Å². The molecule has 146 valence electrons. The van der Waals surface area contributed by atoms with Gasteiger partial charge >= 0.3 is 0 Å². The van der Waals surface area contributed by atoms with Crippen molar-refractivity contribution in [3.8, 4) is 0 Å². The number of aliphatic imine (C=N–C) groups is 1. The predicted molar refractivity (Wildman–Crippen MR) is 114 cm³/mol. The summed E-state index contributed by atoms with van der Waals surface area (Å²) < 4.78 is 0. The van der Waals surface area contributed by atoms with E-state index in [0.717, 1.165) is 54.0 Å². The number of guanidine groups is 1. The second-order valence-electron chi connectivity index (χ2n) is 7.39. The lowest BCUT2D eigenvalue weighted by molar-refractivity contribution is 0.0843. The normalized spacial score (nSPS) is 17.1. The van der Waals surface area contributed by atoms with Gasteiger partial charge in [0.05, 0.1) is 6.54 Å².